The third-order valence-electron chi connectivity index (χ3n) is 3.60. The number of hydrogen-bond acceptors (Lipinski definition) is 6. The third kappa shape index (κ3) is 3.97. The van der Waals surface area contributed by atoms with E-state index in [2.05, 4.69) is 4.98 Å². The van der Waals surface area contributed by atoms with Gasteiger partial charge in [0, 0.05) is 18.8 Å². The Balaban J connectivity index is 1.78. The van der Waals surface area contributed by atoms with Crippen molar-refractivity contribution in [2.75, 3.05) is 6.61 Å². The molecule has 112 valence electrons. The maximum absolute atomic E-state index is 9.98. The highest BCUT2D eigenvalue weighted by Crippen LogP contribution is 2.20. The molecule has 0 aromatic carbocycles. The number of ether oxygens (including phenoxy) is 1. The molecule has 0 saturated carbocycles. The largest absolute Gasteiger partial charge is 0.393 e. The van der Waals surface area contributed by atoms with E-state index < -0.39 is 30.5 Å². The second kappa shape index (κ2) is 7.10. The monoisotopic (exact) mass is 283 g/mol. The smallest absolute Gasteiger partial charge is 0.111 e. The molecule has 20 heavy (non-hydrogen) atoms. The van der Waals surface area contributed by atoms with E-state index in [9.17, 15) is 20.4 Å². The average Bonchev–Trinajstić information content (AvgIpc) is 2.47. The number of aliphatic hydroxyl groups is 4. The molecule has 1 aliphatic rings. The molecule has 0 radical (unpaired) electrons. The molecule has 6 heteroatoms. The van der Waals surface area contributed by atoms with Gasteiger partial charge in [-0.1, -0.05) is 6.07 Å². The number of aliphatic hydroxyl groups excluding tert-OH is 4. The molecule has 1 aliphatic heterocycles. The van der Waals surface area contributed by atoms with Crippen LogP contribution in [0.3, 0.4) is 0 Å². The van der Waals surface area contributed by atoms with E-state index in [0.29, 0.717) is 12.8 Å². The van der Waals surface area contributed by atoms with Gasteiger partial charge >= 0.3 is 0 Å². The van der Waals surface area contributed by atoms with Gasteiger partial charge in [0.25, 0.3) is 0 Å². The molecule has 0 aliphatic carbocycles. The van der Waals surface area contributed by atoms with Gasteiger partial charge in [0.15, 0.2) is 0 Å². The molecule has 1 aromatic rings. The molecule has 2 rings (SSSR count). The zero-order valence-corrected chi connectivity index (χ0v) is 11.2. The molecule has 2 unspecified atom stereocenters. The second-order valence-electron chi connectivity index (χ2n) is 5.21. The summed E-state index contributed by atoms with van der Waals surface area (Å²) in [6, 6.07) is 3.78. The van der Waals surface area contributed by atoms with Gasteiger partial charge in [-0.2, -0.15) is 0 Å². The first kappa shape index (κ1) is 15.3. The van der Waals surface area contributed by atoms with Gasteiger partial charge in [-0.15, -0.1) is 0 Å². The lowest BCUT2D eigenvalue weighted by atomic mass is 9.94. The Labute approximate surface area is 117 Å². The van der Waals surface area contributed by atoms with E-state index in [4.69, 9.17) is 4.74 Å². The van der Waals surface area contributed by atoms with Gasteiger partial charge in [0.2, 0.25) is 0 Å². The molecule has 1 fully saturated rings. The number of rotatable bonds is 5. The van der Waals surface area contributed by atoms with Gasteiger partial charge in [-0.3, -0.25) is 4.98 Å². The summed E-state index contributed by atoms with van der Waals surface area (Å²) in [7, 11) is 0. The fourth-order valence-electron chi connectivity index (χ4n) is 2.34. The van der Waals surface area contributed by atoms with Crippen LogP contribution in [0.15, 0.2) is 24.5 Å². The number of hydrogen-bond donors (Lipinski definition) is 4. The van der Waals surface area contributed by atoms with Crippen LogP contribution in [0, 0.1) is 0 Å². The van der Waals surface area contributed by atoms with Crippen LogP contribution in [0.2, 0.25) is 0 Å². The predicted octanol–water partition coefficient (Wildman–Crippen LogP) is -0.753. The van der Waals surface area contributed by atoms with Gasteiger partial charge < -0.3 is 25.2 Å². The van der Waals surface area contributed by atoms with Crippen LogP contribution >= 0.6 is 0 Å². The Kier molecular flexibility index (Phi) is 5.45. The lowest BCUT2D eigenvalue weighted by molar-refractivity contribution is -0.193. The third-order valence-corrected chi connectivity index (χ3v) is 3.60. The summed E-state index contributed by atoms with van der Waals surface area (Å²) in [6.45, 7) is -0.0295. The topological polar surface area (TPSA) is 103 Å². The minimum atomic E-state index is -1.22. The highest BCUT2D eigenvalue weighted by atomic mass is 16.5. The Morgan fingerprint density at radius 1 is 1.30 bits per heavy atom. The quantitative estimate of drug-likeness (QED) is 0.567. The van der Waals surface area contributed by atoms with Gasteiger partial charge in [-0.05, 0) is 24.5 Å². The zero-order chi connectivity index (χ0) is 14.5. The maximum atomic E-state index is 9.98. The predicted molar refractivity (Wildman–Crippen MR) is 70.9 cm³/mol. The van der Waals surface area contributed by atoms with Crippen molar-refractivity contribution in [3.8, 4) is 0 Å². The highest BCUT2D eigenvalue weighted by molar-refractivity contribution is 5.08. The summed E-state index contributed by atoms with van der Waals surface area (Å²) >= 11 is 0. The van der Waals surface area contributed by atoms with Crippen molar-refractivity contribution >= 4 is 0 Å². The lowest BCUT2D eigenvalue weighted by Crippen LogP contribution is -2.53. The molecule has 1 aromatic heterocycles. The van der Waals surface area contributed by atoms with E-state index >= 15 is 0 Å². The van der Waals surface area contributed by atoms with E-state index in [1.54, 1.807) is 12.4 Å². The number of pyridine rings is 1. The Bertz CT molecular complexity index is 402. The Morgan fingerprint density at radius 3 is 2.80 bits per heavy atom. The van der Waals surface area contributed by atoms with Crippen molar-refractivity contribution in [2.45, 2.75) is 49.8 Å². The molecule has 5 atom stereocenters. The molecular formula is C14H21NO5. The average molecular weight is 283 g/mol. The minimum Gasteiger partial charge on any atom is -0.393 e. The minimum absolute atomic E-state index is 0.0295. The van der Waals surface area contributed by atoms with Crippen LogP contribution in [0.25, 0.3) is 0 Å². The summed E-state index contributed by atoms with van der Waals surface area (Å²) in [6.07, 6.45) is 0.109. The molecule has 6 nitrogen and oxygen atoms in total. The van der Waals surface area contributed by atoms with E-state index in [1.807, 2.05) is 12.1 Å². The highest BCUT2D eigenvalue weighted by Gasteiger charge is 2.38. The van der Waals surface area contributed by atoms with Crippen molar-refractivity contribution in [3.63, 3.8) is 0 Å². The fraction of sp³-hybridized carbons (Fsp3) is 0.643. The molecular weight excluding hydrogens is 262 g/mol. The van der Waals surface area contributed by atoms with Crippen LogP contribution < -0.4 is 0 Å². The number of aromatic nitrogens is 1. The van der Waals surface area contributed by atoms with Crippen LogP contribution in [-0.4, -0.2) is 62.5 Å². The van der Waals surface area contributed by atoms with Crippen molar-refractivity contribution in [3.05, 3.63) is 30.1 Å². The van der Waals surface area contributed by atoms with E-state index in [0.717, 1.165) is 5.56 Å². The summed E-state index contributed by atoms with van der Waals surface area (Å²) < 4.78 is 5.26. The normalized spacial score (nSPS) is 32.0. The van der Waals surface area contributed by atoms with Crippen molar-refractivity contribution in [2.24, 2.45) is 0 Å². The SMILES string of the molecule is OC1CO[C@H](C[C@@H](O)CCc2cccnc2)[C@H](O)C1O. The molecule has 2 heterocycles. The standard InChI is InChI=1S/C14H21NO5/c16-10(4-3-9-2-1-5-15-7-9)6-12-14(19)13(18)11(17)8-20-12/h1-2,5,7,10-14,16-19H,3-4,6,8H2/t10-,11?,12+,13?,14-/m0/s1. The second-order valence-corrected chi connectivity index (χ2v) is 5.21. The summed E-state index contributed by atoms with van der Waals surface area (Å²) in [5.41, 5.74) is 1.03. The summed E-state index contributed by atoms with van der Waals surface area (Å²) in [4.78, 5) is 4.00. The first-order valence-corrected chi connectivity index (χ1v) is 6.80. The number of nitrogens with zero attached hydrogens (tertiary/aromatic N) is 1. The van der Waals surface area contributed by atoms with Crippen molar-refractivity contribution in [1.82, 2.24) is 4.98 Å². The summed E-state index contributed by atoms with van der Waals surface area (Å²) in [5, 5.41) is 38.7. The molecule has 0 bridgehead atoms. The molecule has 0 amide bonds. The molecule has 0 spiro atoms. The Hall–Kier alpha value is -1.05. The van der Waals surface area contributed by atoms with Crippen LogP contribution in [0.4, 0.5) is 0 Å². The van der Waals surface area contributed by atoms with Crippen LogP contribution in [0.1, 0.15) is 18.4 Å². The maximum Gasteiger partial charge on any atom is 0.111 e. The van der Waals surface area contributed by atoms with Gasteiger partial charge in [-0.25, -0.2) is 0 Å². The van der Waals surface area contributed by atoms with Gasteiger partial charge in [0.05, 0.1) is 18.8 Å². The first-order chi connectivity index (χ1) is 9.58. The van der Waals surface area contributed by atoms with Crippen molar-refractivity contribution < 1.29 is 25.2 Å². The molecule has 1 saturated heterocycles. The van der Waals surface area contributed by atoms with Crippen LogP contribution in [0.5, 0.6) is 0 Å². The van der Waals surface area contributed by atoms with Gasteiger partial charge in [0.1, 0.15) is 18.3 Å². The zero-order valence-electron chi connectivity index (χ0n) is 11.2. The van der Waals surface area contributed by atoms with E-state index in [-0.39, 0.29) is 13.0 Å². The first-order valence-electron chi connectivity index (χ1n) is 6.80. The lowest BCUT2D eigenvalue weighted by Gasteiger charge is -2.36. The number of aryl methyl sites for hydroxylation is 1. The van der Waals surface area contributed by atoms with Crippen LogP contribution in [-0.2, 0) is 11.2 Å². The summed E-state index contributed by atoms with van der Waals surface area (Å²) in [5.74, 6) is 0. The van der Waals surface area contributed by atoms with E-state index in [1.165, 1.54) is 0 Å². The van der Waals surface area contributed by atoms with Crippen molar-refractivity contribution in [1.29, 1.82) is 0 Å². The molecule has 4 N–H and O–H groups in total. The Morgan fingerprint density at radius 2 is 2.10 bits per heavy atom. The fourth-order valence-corrected chi connectivity index (χ4v) is 2.34.